The van der Waals surface area contributed by atoms with E-state index in [-0.39, 0.29) is 11.3 Å². The Kier molecular flexibility index (Phi) is 5.65. The van der Waals surface area contributed by atoms with E-state index in [4.69, 9.17) is 9.72 Å². The molecule has 6 nitrogen and oxygen atoms in total. The van der Waals surface area contributed by atoms with Crippen molar-refractivity contribution in [2.75, 3.05) is 12.0 Å². The first-order valence-electron chi connectivity index (χ1n) is 11.2. The molecule has 0 aliphatic carbocycles. The number of aromatic nitrogens is 1. The molecule has 5 rings (SSSR count). The van der Waals surface area contributed by atoms with E-state index in [9.17, 15) is 14.7 Å². The number of hydrogen-bond acceptors (Lipinski definition) is 6. The summed E-state index contributed by atoms with van der Waals surface area (Å²) in [5.74, 6) is -1.00. The van der Waals surface area contributed by atoms with E-state index >= 15 is 0 Å². The molecule has 1 aromatic heterocycles. The molecule has 1 aliphatic heterocycles. The van der Waals surface area contributed by atoms with Crippen LogP contribution in [-0.2, 0) is 9.59 Å². The lowest BCUT2D eigenvalue weighted by molar-refractivity contribution is -0.132. The maximum absolute atomic E-state index is 13.4. The highest BCUT2D eigenvalue weighted by atomic mass is 32.1. The lowest BCUT2D eigenvalue weighted by atomic mass is 9.95. The number of aliphatic hydroxyl groups excluding tert-OH is 1. The lowest BCUT2D eigenvalue weighted by Gasteiger charge is -2.23. The van der Waals surface area contributed by atoms with E-state index < -0.39 is 17.7 Å². The number of carbonyl (C=O) groups excluding carboxylic acids is 2. The number of hydrogen-bond donors (Lipinski definition) is 1. The number of nitrogens with zero attached hydrogens (tertiary/aromatic N) is 2. The predicted molar refractivity (Wildman–Crippen MR) is 138 cm³/mol. The van der Waals surface area contributed by atoms with E-state index in [1.54, 1.807) is 25.3 Å². The zero-order valence-electron chi connectivity index (χ0n) is 19.8. The van der Waals surface area contributed by atoms with Gasteiger partial charge < -0.3 is 9.84 Å². The molecule has 3 aromatic carbocycles. The number of aryl methyl sites for hydroxylation is 3. The van der Waals surface area contributed by atoms with Gasteiger partial charge in [-0.2, -0.15) is 0 Å². The summed E-state index contributed by atoms with van der Waals surface area (Å²) in [6, 6.07) is 17.7. The molecule has 4 aromatic rings. The normalized spacial score (nSPS) is 17.4. The number of rotatable bonds is 4. The van der Waals surface area contributed by atoms with Gasteiger partial charge in [0.2, 0.25) is 0 Å². The van der Waals surface area contributed by atoms with Gasteiger partial charge in [0, 0.05) is 5.56 Å². The first kappa shape index (κ1) is 22.8. The molecule has 1 aliphatic rings. The van der Waals surface area contributed by atoms with E-state index in [0.717, 1.165) is 26.9 Å². The van der Waals surface area contributed by atoms with E-state index in [2.05, 4.69) is 0 Å². The van der Waals surface area contributed by atoms with Crippen LogP contribution in [0.3, 0.4) is 0 Å². The van der Waals surface area contributed by atoms with Gasteiger partial charge in [0.1, 0.15) is 11.5 Å². The highest BCUT2D eigenvalue weighted by molar-refractivity contribution is 7.22. The molecule has 0 bridgehead atoms. The Morgan fingerprint density at radius 1 is 1.00 bits per heavy atom. The maximum atomic E-state index is 13.4. The standard InChI is InChI=1S/C28H24N2O4S/c1-15-12-17(3)23-21(13-15)35-28(29-23)30-24(18-8-6-5-7-9-18)22(26(32)27(30)33)25(31)19-10-11-20(34-4)16(2)14-19/h5-14,24,31H,1-4H3/b25-22+/t24-/m0/s1. The minimum absolute atomic E-state index is 0.0397. The van der Waals surface area contributed by atoms with Crippen LogP contribution in [0.1, 0.15) is 33.9 Å². The van der Waals surface area contributed by atoms with Gasteiger partial charge in [-0.05, 0) is 67.3 Å². The monoisotopic (exact) mass is 484 g/mol. The van der Waals surface area contributed by atoms with E-state index in [1.165, 1.54) is 16.2 Å². The third-order valence-corrected chi connectivity index (χ3v) is 7.25. The molecule has 2 heterocycles. The molecule has 0 spiro atoms. The molecule has 7 heteroatoms. The number of amides is 1. The minimum atomic E-state index is -0.805. The number of anilines is 1. The Labute approximate surface area is 207 Å². The third kappa shape index (κ3) is 3.78. The predicted octanol–water partition coefficient (Wildman–Crippen LogP) is 5.86. The summed E-state index contributed by atoms with van der Waals surface area (Å²) in [5.41, 5.74) is 4.90. The Bertz CT molecular complexity index is 1520. The fourth-order valence-electron chi connectivity index (χ4n) is 4.62. The fourth-order valence-corrected chi connectivity index (χ4v) is 5.79. The zero-order chi connectivity index (χ0) is 24.9. The van der Waals surface area contributed by atoms with Crippen LogP contribution in [0.25, 0.3) is 16.0 Å². The average molecular weight is 485 g/mol. The van der Waals surface area contributed by atoms with Gasteiger partial charge >= 0.3 is 5.91 Å². The number of benzene rings is 3. The molecular formula is C28H24N2O4S. The number of fused-ring (bicyclic) bond motifs is 1. The van der Waals surface area contributed by atoms with Crippen LogP contribution in [0.15, 0.2) is 66.2 Å². The summed E-state index contributed by atoms with van der Waals surface area (Å²) < 4.78 is 6.26. The molecule has 1 fully saturated rings. The van der Waals surface area contributed by atoms with Crippen LogP contribution < -0.4 is 9.64 Å². The summed E-state index contributed by atoms with van der Waals surface area (Å²) in [4.78, 5) is 33.0. The Balaban J connectivity index is 1.72. The molecule has 1 amide bonds. The summed E-state index contributed by atoms with van der Waals surface area (Å²) in [6.45, 7) is 5.85. The Morgan fingerprint density at radius 3 is 2.43 bits per heavy atom. The van der Waals surface area contributed by atoms with Gasteiger partial charge in [-0.3, -0.25) is 14.5 Å². The van der Waals surface area contributed by atoms with Crippen molar-refractivity contribution in [3.8, 4) is 5.75 Å². The zero-order valence-corrected chi connectivity index (χ0v) is 20.6. The first-order chi connectivity index (χ1) is 16.8. The van der Waals surface area contributed by atoms with Crippen molar-refractivity contribution in [3.63, 3.8) is 0 Å². The van der Waals surface area contributed by atoms with Crippen molar-refractivity contribution < 1.29 is 19.4 Å². The summed E-state index contributed by atoms with van der Waals surface area (Å²) in [5, 5.41) is 11.8. The number of carbonyl (C=O) groups is 2. The SMILES string of the molecule is COc1ccc(/C(O)=C2\C(=O)C(=O)N(c3nc4c(C)cc(C)cc4s3)[C@H]2c2ccccc2)cc1C. The van der Waals surface area contributed by atoms with Gasteiger partial charge in [-0.15, -0.1) is 0 Å². The van der Waals surface area contributed by atoms with Gasteiger partial charge in [-0.25, -0.2) is 4.98 Å². The highest BCUT2D eigenvalue weighted by Crippen LogP contribution is 2.44. The molecule has 35 heavy (non-hydrogen) atoms. The number of thiazole rings is 1. The third-order valence-electron chi connectivity index (χ3n) is 6.25. The summed E-state index contributed by atoms with van der Waals surface area (Å²) in [7, 11) is 1.57. The second-order valence-corrected chi connectivity index (χ2v) is 9.70. The number of ketones is 1. The second kappa shape index (κ2) is 8.67. The molecule has 0 radical (unpaired) electrons. The van der Waals surface area contributed by atoms with E-state index in [1.807, 2.05) is 63.2 Å². The number of methoxy groups -OCH3 is 1. The minimum Gasteiger partial charge on any atom is -0.507 e. The molecule has 1 atom stereocenters. The van der Waals surface area contributed by atoms with Crippen molar-refractivity contribution in [1.29, 1.82) is 0 Å². The molecule has 1 N–H and O–H groups in total. The van der Waals surface area contributed by atoms with Crippen LogP contribution in [0.2, 0.25) is 0 Å². The first-order valence-corrected chi connectivity index (χ1v) is 12.0. The van der Waals surface area contributed by atoms with Crippen LogP contribution in [0.4, 0.5) is 5.13 Å². The summed E-state index contributed by atoms with van der Waals surface area (Å²) >= 11 is 1.37. The number of Topliss-reactive ketones (excluding diaryl/α,β-unsaturated/α-hetero) is 1. The van der Waals surface area contributed by atoms with Gasteiger partial charge in [-0.1, -0.05) is 47.7 Å². The average Bonchev–Trinajstić information content (AvgIpc) is 3.38. The van der Waals surface area contributed by atoms with Gasteiger partial charge in [0.15, 0.2) is 5.13 Å². The Hall–Kier alpha value is -3.97. The van der Waals surface area contributed by atoms with E-state index in [0.29, 0.717) is 22.0 Å². The smallest absolute Gasteiger partial charge is 0.301 e. The molecule has 176 valence electrons. The van der Waals surface area contributed by atoms with Crippen molar-refractivity contribution in [2.45, 2.75) is 26.8 Å². The quantitative estimate of drug-likeness (QED) is 0.223. The van der Waals surface area contributed by atoms with Crippen molar-refractivity contribution >= 4 is 44.1 Å². The molecule has 1 saturated heterocycles. The van der Waals surface area contributed by atoms with Crippen LogP contribution in [0, 0.1) is 20.8 Å². The molecule has 0 saturated carbocycles. The second-order valence-electron chi connectivity index (χ2n) is 8.69. The Morgan fingerprint density at radius 2 is 1.74 bits per heavy atom. The topological polar surface area (TPSA) is 79.7 Å². The van der Waals surface area contributed by atoms with Crippen molar-refractivity contribution in [3.05, 3.63) is 94.1 Å². The molecular weight excluding hydrogens is 460 g/mol. The van der Waals surface area contributed by atoms with Crippen molar-refractivity contribution in [2.24, 2.45) is 0 Å². The highest BCUT2D eigenvalue weighted by Gasteiger charge is 2.48. The van der Waals surface area contributed by atoms with Gasteiger partial charge in [0.25, 0.3) is 5.78 Å². The maximum Gasteiger partial charge on any atom is 0.301 e. The number of aliphatic hydroxyl groups is 1. The summed E-state index contributed by atoms with van der Waals surface area (Å²) in [6.07, 6.45) is 0. The van der Waals surface area contributed by atoms with Gasteiger partial charge in [0.05, 0.1) is 28.9 Å². The van der Waals surface area contributed by atoms with Crippen LogP contribution >= 0.6 is 11.3 Å². The largest absolute Gasteiger partial charge is 0.507 e. The lowest BCUT2D eigenvalue weighted by Crippen LogP contribution is -2.29. The van der Waals surface area contributed by atoms with Crippen LogP contribution in [0.5, 0.6) is 5.75 Å². The van der Waals surface area contributed by atoms with Crippen LogP contribution in [-0.4, -0.2) is 28.9 Å². The fraction of sp³-hybridized carbons (Fsp3) is 0.179. The number of ether oxygens (including phenoxy) is 1. The van der Waals surface area contributed by atoms with Crippen molar-refractivity contribution in [1.82, 2.24) is 4.98 Å². The molecule has 0 unspecified atom stereocenters.